The van der Waals surface area contributed by atoms with E-state index in [4.69, 9.17) is 23.1 Å². The predicted octanol–water partition coefficient (Wildman–Crippen LogP) is 2.57. The van der Waals surface area contributed by atoms with Crippen molar-refractivity contribution in [3.8, 4) is 11.3 Å². The minimum Gasteiger partial charge on any atom is -0.399 e. The first-order chi connectivity index (χ1) is 7.16. The van der Waals surface area contributed by atoms with Crippen LogP contribution >= 0.6 is 11.6 Å². The molecule has 0 atom stereocenters. The molecule has 0 aliphatic rings. The fraction of sp³-hybridized carbons (Fsp3) is 0. The Labute approximate surface area is 92.7 Å². The van der Waals surface area contributed by atoms with Gasteiger partial charge in [-0.15, -0.1) is 0 Å². The molecule has 0 saturated carbocycles. The highest BCUT2D eigenvalue weighted by atomic mass is 35.5. The summed E-state index contributed by atoms with van der Waals surface area (Å²) in [5.41, 5.74) is 14.3. The maximum absolute atomic E-state index is 5.87. The molecule has 0 fully saturated rings. The van der Waals surface area contributed by atoms with Crippen molar-refractivity contribution in [2.75, 3.05) is 11.5 Å². The van der Waals surface area contributed by atoms with E-state index >= 15 is 0 Å². The molecule has 1 aromatic carbocycles. The Morgan fingerprint density at radius 3 is 2.60 bits per heavy atom. The van der Waals surface area contributed by atoms with E-state index in [1.54, 1.807) is 36.5 Å². The van der Waals surface area contributed by atoms with Gasteiger partial charge in [-0.2, -0.15) is 0 Å². The quantitative estimate of drug-likeness (QED) is 0.725. The summed E-state index contributed by atoms with van der Waals surface area (Å²) >= 11 is 5.87. The summed E-state index contributed by atoms with van der Waals surface area (Å²) in [6.45, 7) is 0. The first kappa shape index (κ1) is 9.80. The van der Waals surface area contributed by atoms with Crippen LogP contribution in [0.25, 0.3) is 11.3 Å². The first-order valence-corrected chi connectivity index (χ1v) is 4.81. The van der Waals surface area contributed by atoms with Crippen LogP contribution in [-0.4, -0.2) is 4.98 Å². The van der Waals surface area contributed by atoms with E-state index < -0.39 is 0 Å². The largest absolute Gasteiger partial charge is 0.399 e. The molecule has 15 heavy (non-hydrogen) atoms. The third-order valence-electron chi connectivity index (χ3n) is 2.08. The number of anilines is 2. The van der Waals surface area contributed by atoms with Gasteiger partial charge in [0.05, 0.1) is 5.69 Å². The standard InChI is InChI=1S/C11H10ClN3/c12-7-3-4-15-11(5-7)9-6-8(13)1-2-10(9)14/h1-6H,13-14H2. The molecule has 3 nitrogen and oxygen atoms in total. The third kappa shape index (κ3) is 2.02. The number of rotatable bonds is 1. The van der Waals surface area contributed by atoms with Crippen LogP contribution in [0.5, 0.6) is 0 Å². The summed E-state index contributed by atoms with van der Waals surface area (Å²) in [7, 11) is 0. The molecule has 0 spiro atoms. The summed E-state index contributed by atoms with van der Waals surface area (Å²) < 4.78 is 0. The zero-order valence-electron chi connectivity index (χ0n) is 7.94. The van der Waals surface area contributed by atoms with Gasteiger partial charge in [0.1, 0.15) is 0 Å². The van der Waals surface area contributed by atoms with E-state index in [-0.39, 0.29) is 0 Å². The first-order valence-electron chi connectivity index (χ1n) is 4.44. The number of nitrogen functional groups attached to an aromatic ring is 2. The molecule has 2 aromatic rings. The van der Waals surface area contributed by atoms with Crippen molar-refractivity contribution in [2.24, 2.45) is 0 Å². The Hall–Kier alpha value is -1.74. The van der Waals surface area contributed by atoms with Gasteiger partial charge in [0, 0.05) is 28.2 Å². The maximum atomic E-state index is 5.87. The lowest BCUT2D eigenvalue weighted by atomic mass is 10.1. The van der Waals surface area contributed by atoms with Crippen LogP contribution in [0.3, 0.4) is 0 Å². The highest BCUT2D eigenvalue weighted by molar-refractivity contribution is 6.30. The molecule has 0 aliphatic heterocycles. The van der Waals surface area contributed by atoms with E-state index in [1.165, 1.54) is 0 Å². The lowest BCUT2D eigenvalue weighted by molar-refractivity contribution is 1.33. The number of benzene rings is 1. The van der Waals surface area contributed by atoms with Gasteiger partial charge in [0.25, 0.3) is 0 Å². The van der Waals surface area contributed by atoms with Gasteiger partial charge in [-0.05, 0) is 30.3 Å². The summed E-state index contributed by atoms with van der Waals surface area (Å²) in [6.07, 6.45) is 1.64. The van der Waals surface area contributed by atoms with Crippen molar-refractivity contribution in [1.29, 1.82) is 0 Å². The third-order valence-corrected chi connectivity index (χ3v) is 2.31. The van der Waals surface area contributed by atoms with Crippen LogP contribution in [0.2, 0.25) is 5.02 Å². The second kappa shape index (κ2) is 3.79. The Morgan fingerprint density at radius 1 is 1.07 bits per heavy atom. The average molecular weight is 220 g/mol. The summed E-state index contributed by atoms with van der Waals surface area (Å²) in [4.78, 5) is 4.19. The fourth-order valence-electron chi connectivity index (χ4n) is 1.35. The van der Waals surface area contributed by atoms with E-state index in [9.17, 15) is 0 Å². The smallest absolute Gasteiger partial charge is 0.0738 e. The van der Waals surface area contributed by atoms with Gasteiger partial charge < -0.3 is 11.5 Å². The molecule has 4 heteroatoms. The molecular weight excluding hydrogens is 210 g/mol. The van der Waals surface area contributed by atoms with Gasteiger partial charge in [0.15, 0.2) is 0 Å². The Morgan fingerprint density at radius 2 is 1.87 bits per heavy atom. The fourth-order valence-corrected chi connectivity index (χ4v) is 1.51. The molecule has 2 rings (SSSR count). The normalized spacial score (nSPS) is 10.2. The van der Waals surface area contributed by atoms with Crippen molar-refractivity contribution < 1.29 is 0 Å². The zero-order valence-corrected chi connectivity index (χ0v) is 8.70. The Bertz CT molecular complexity index is 497. The molecule has 1 aromatic heterocycles. The highest BCUT2D eigenvalue weighted by Crippen LogP contribution is 2.27. The minimum absolute atomic E-state index is 0.627. The SMILES string of the molecule is Nc1ccc(N)c(-c2cc(Cl)ccn2)c1. The summed E-state index contributed by atoms with van der Waals surface area (Å²) in [5, 5.41) is 0.627. The predicted molar refractivity (Wildman–Crippen MR) is 63.5 cm³/mol. The van der Waals surface area contributed by atoms with Crippen LogP contribution in [0.4, 0.5) is 11.4 Å². The number of pyridine rings is 1. The number of hydrogen-bond donors (Lipinski definition) is 2. The Kier molecular flexibility index (Phi) is 2.47. The van der Waals surface area contributed by atoms with Crippen LogP contribution in [-0.2, 0) is 0 Å². The number of nitrogens with two attached hydrogens (primary N) is 2. The highest BCUT2D eigenvalue weighted by Gasteiger charge is 2.04. The number of halogens is 1. The average Bonchev–Trinajstić information content (AvgIpc) is 2.22. The van der Waals surface area contributed by atoms with E-state index in [0.29, 0.717) is 16.4 Å². The summed E-state index contributed by atoms with van der Waals surface area (Å²) in [5.74, 6) is 0. The Balaban J connectivity index is 2.58. The molecule has 0 saturated heterocycles. The molecule has 4 N–H and O–H groups in total. The van der Waals surface area contributed by atoms with Crippen molar-refractivity contribution in [1.82, 2.24) is 4.98 Å². The second-order valence-electron chi connectivity index (χ2n) is 3.21. The van der Waals surface area contributed by atoms with E-state index in [2.05, 4.69) is 4.98 Å². The topological polar surface area (TPSA) is 64.9 Å². The number of hydrogen-bond acceptors (Lipinski definition) is 3. The number of aromatic nitrogens is 1. The van der Waals surface area contributed by atoms with Crippen molar-refractivity contribution in [3.05, 3.63) is 41.6 Å². The van der Waals surface area contributed by atoms with Gasteiger partial charge in [0.2, 0.25) is 0 Å². The number of nitrogens with zero attached hydrogens (tertiary/aromatic N) is 1. The zero-order chi connectivity index (χ0) is 10.8. The van der Waals surface area contributed by atoms with E-state index in [1.807, 2.05) is 0 Å². The molecular formula is C11H10ClN3. The monoisotopic (exact) mass is 219 g/mol. The van der Waals surface area contributed by atoms with Crippen LogP contribution < -0.4 is 11.5 Å². The van der Waals surface area contributed by atoms with Crippen molar-refractivity contribution in [2.45, 2.75) is 0 Å². The lowest BCUT2D eigenvalue weighted by Crippen LogP contribution is -1.94. The molecule has 0 radical (unpaired) electrons. The summed E-state index contributed by atoms with van der Waals surface area (Å²) in [6, 6.07) is 8.77. The van der Waals surface area contributed by atoms with Gasteiger partial charge >= 0.3 is 0 Å². The minimum atomic E-state index is 0.627. The van der Waals surface area contributed by atoms with Crippen LogP contribution in [0.15, 0.2) is 36.5 Å². The van der Waals surface area contributed by atoms with Gasteiger partial charge in [-0.25, -0.2) is 0 Å². The lowest BCUT2D eigenvalue weighted by Gasteiger charge is -2.06. The van der Waals surface area contributed by atoms with Crippen molar-refractivity contribution in [3.63, 3.8) is 0 Å². The molecule has 0 amide bonds. The molecule has 0 aliphatic carbocycles. The van der Waals surface area contributed by atoms with E-state index in [0.717, 1.165) is 11.3 Å². The van der Waals surface area contributed by atoms with Crippen LogP contribution in [0.1, 0.15) is 0 Å². The second-order valence-corrected chi connectivity index (χ2v) is 3.64. The maximum Gasteiger partial charge on any atom is 0.0738 e. The molecule has 76 valence electrons. The molecule has 1 heterocycles. The van der Waals surface area contributed by atoms with Crippen molar-refractivity contribution >= 4 is 23.0 Å². The molecule has 0 unspecified atom stereocenters. The van der Waals surface area contributed by atoms with Crippen LogP contribution in [0, 0.1) is 0 Å². The molecule has 0 bridgehead atoms. The van der Waals surface area contributed by atoms with Gasteiger partial charge in [-0.3, -0.25) is 4.98 Å². The van der Waals surface area contributed by atoms with Gasteiger partial charge in [-0.1, -0.05) is 11.6 Å².